The standard InChI is InChI=1S/C13H7N3O4/c17-12-9-5-4-8(16(19)20)7-10(9)13(18)15(12)11-3-1-2-6-14-11/h1-7H. The minimum atomic E-state index is -0.610. The van der Waals surface area contributed by atoms with Gasteiger partial charge in [-0.1, -0.05) is 6.07 Å². The first-order chi connectivity index (χ1) is 9.59. The Labute approximate surface area is 112 Å². The lowest BCUT2D eigenvalue weighted by atomic mass is 10.1. The number of hydrogen-bond acceptors (Lipinski definition) is 5. The molecular weight excluding hydrogens is 262 g/mol. The van der Waals surface area contributed by atoms with Crippen LogP contribution in [0.15, 0.2) is 42.6 Å². The van der Waals surface area contributed by atoms with Gasteiger partial charge in [-0.3, -0.25) is 19.7 Å². The van der Waals surface area contributed by atoms with E-state index in [1.807, 2.05) is 0 Å². The van der Waals surface area contributed by atoms with Gasteiger partial charge in [-0.05, 0) is 18.2 Å². The molecule has 2 aromatic rings. The van der Waals surface area contributed by atoms with Crippen molar-refractivity contribution in [1.29, 1.82) is 0 Å². The van der Waals surface area contributed by atoms with E-state index in [9.17, 15) is 19.7 Å². The summed E-state index contributed by atoms with van der Waals surface area (Å²) in [5.74, 6) is -0.938. The van der Waals surface area contributed by atoms with E-state index in [0.717, 1.165) is 11.0 Å². The van der Waals surface area contributed by atoms with E-state index in [2.05, 4.69) is 4.98 Å². The van der Waals surface area contributed by atoms with E-state index >= 15 is 0 Å². The summed E-state index contributed by atoms with van der Waals surface area (Å²) in [6, 6.07) is 8.43. The molecule has 0 saturated heterocycles. The van der Waals surface area contributed by atoms with E-state index < -0.39 is 16.7 Å². The molecule has 0 bridgehead atoms. The van der Waals surface area contributed by atoms with Crippen LogP contribution >= 0.6 is 0 Å². The smallest absolute Gasteiger partial charge is 0.268 e. The van der Waals surface area contributed by atoms with Crippen molar-refractivity contribution in [2.24, 2.45) is 0 Å². The van der Waals surface area contributed by atoms with Crippen molar-refractivity contribution < 1.29 is 14.5 Å². The van der Waals surface area contributed by atoms with E-state index in [0.29, 0.717) is 0 Å². The third-order valence-corrected chi connectivity index (χ3v) is 2.96. The maximum absolute atomic E-state index is 12.2. The first-order valence-electron chi connectivity index (χ1n) is 5.68. The van der Waals surface area contributed by atoms with Gasteiger partial charge in [-0.2, -0.15) is 0 Å². The maximum Gasteiger partial charge on any atom is 0.270 e. The fraction of sp³-hybridized carbons (Fsp3) is 0. The van der Waals surface area contributed by atoms with Gasteiger partial charge in [0.2, 0.25) is 0 Å². The summed E-state index contributed by atoms with van der Waals surface area (Å²) in [7, 11) is 0. The van der Waals surface area contributed by atoms with Gasteiger partial charge >= 0.3 is 0 Å². The van der Waals surface area contributed by atoms with Crippen LogP contribution in [0.3, 0.4) is 0 Å². The predicted molar refractivity (Wildman–Crippen MR) is 68.5 cm³/mol. The van der Waals surface area contributed by atoms with Crippen molar-refractivity contribution >= 4 is 23.3 Å². The highest BCUT2D eigenvalue weighted by Gasteiger charge is 2.38. The molecule has 0 spiro atoms. The number of pyridine rings is 1. The number of rotatable bonds is 2. The number of benzene rings is 1. The molecule has 0 radical (unpaired) electrons. The Bertz CT molecular complexity index is 743. The molecule has 7 nitrogen and oxygen atoms in total. The number of fused-ring (bicyclic) bond motifs is 1. The van der Waals surface area contributed by atoms with Gasteiger partial charge in [0.25, 0.3) is 17.5 Å². The average Bonchev–Trinajstić information content (AvgIpc) is 2.71. The number of nitrogens with zero attached hydrogens (tertiary/aromatic N) is 3. The fourth-order valence-electron chi connectivity index (χ4n) is 2.04. The number of nitro benzene ring substituents is 1. The lowest BCUT2D eigenvalue weighted by Crippen LogP contribution is -2.30. The molecule has 0 unspecified atom stereocenters. The molecule has 98 valence electrons. The molecule has 1 aromatic heterocycles. The number of carbonyl (C=O) groups is 2. The number of aromatic nitrogens is 1. The third-order valence-electron chi connectivity index (χ3n) is 2.96. The van der Waals surface area contributed by atoms with Crippen LogP contribution in [0.4, 0.5) is 11.5 Å². The molecule has 0 saturated carbocycles. The van der Waals surface area contributed by atoms with Gasteiger partial charge in [0.1, 0.15) is 5.82 Å². The minimum Gasteiger partial charge on any atom is -0.268 e. The van der Waals surface area contributed by atoms with Crippen LogP contribution in [-0.2, 0) is 0 Å². The number of amides is 2. The maximum atomic E-state index is 12.2. The molecule has 0 fully saturated rings. The lowest BCUT2D eigenvalue weighted by Gasteiger charge is -2.11. The molecule has 7 heteroatoms. The van der Waals surface area contributed by atoms with Crippen LogP contribution in [0, 0.1) is 10.1 Å². The zero-order chi connectivity index (χ0) is 14.3. The molecule has 1 aromatic carbocycles. The molecule has 0 aliphatic carbocycles. The molecule has 1 aliphatic rings. The molecule has 0 atom stereocenters. The Morgan fingerprint density at radius 1 is 1.05 bits per heavy atom. The van der Waals surface area contributed by atoms with Gasteiger partial charge in [0.15, 0.2) is 0 Å². The summed E-state index contributed by atoms with van der Waals surface area (Å²) in [6.07, 6.45) is 1.46. The van der Waals surface area contributed by atoms with Gasteiger partial charge in [0.05, 0.1) is 16.1 Å². The highest BCUT2D eigenvalue weighted by Crippen LogP contribution is 2.29. The zero-order valence-electron chi connectivity index (χ0n) is 10.0. The van der Waals surface area contributed by atoms with Gasteiger partial charge in [-0.25, -0.2) is 9.88 Å². The summed E-state index contributed by atoms with van der Waals surface area (Å²) < 4.78 is 0. The molecule has 2 amide bonds. The number of nitro groups is 1. The fourth-order valence-corrected chi connectivity index (χ4v) is 2.04. The number of anilines is 1. The van der Waals surface area contributed by atoms with Crippen molar-refractivity contribution in [1.82, 2.24) is 4.98 Å². The van der Waals surface area contributed by atoms with Crippen molar-refractivity contribution in [3.8, 4) is 0 Å². The van der Waals surface area contributed by atoms with Gasteiger partial charge in [-0.15, -0.1) is 0 Å². The second-order valence-corrected chi connectivity index (χ2v) is 4.12. The van der Waals surface area contributed by atoms with Gasteiger partial charge < -0.3 is 0 Å². The van der Waals surface area contributed by atoms with Crippen LogP contribution in [0.2, 0.25) is 0 Å². The summed E-state index contributed by atoms with van der Waals surface area (Å²) in [5, 5.41) is 10.7. The summed E-state index contributed by atoms with van der Waals surface area (Å²) in [5.41, 5.74) is -0.0612. The van der Waals surface area contributed by atoms with Crippen molar-refractivity contribution in [2.45, 2.75) is 0 Å². The quantitative estimate of drug-likeness (QED) is 0.470. The van der Waals surface area contributed by atoms with Crippen molar-refractivity contribution in [3.63, 3.8) is 0 Å². The van der Waals surface area contributed by atoms with Crippen LogP contribution in [0.25, 0.3) is 0 Å². The van der Waals surface area contributed by atoms with Crippen LogP contribution < -0.4 is 4.90 Å². The normalized spacial score (nSPS) is 13.5. The summed E-state index contributed by atoms with van der Waals surface area (Å²) in [4.78, 5) is 39.4. The second-order valence-electron chi connectivity index (χ2n) is 4.12. The Balaban J connectivity index is 2.11. The van der Waals surface area contributed by atoms with E-state index in [4.69, 9.17) is 0 Å². The Kier molecular flexibility index (Phi) is 2.53. The summed E-state index contributed by atoms with van der Waals surface area (Å²) in [6.45, 7) is 0. The van der Waals surface area contributed by atoms with E-state index in [1.165, 1.54) is 24.4 Å². The highest BCUT2D eigenvalue weighted by atomic mass is 16.6. The minimum absolute atomic E-state index is 0.0230. The SMILES string of the molecule is O=C1c2ccc([N+](=O)[O-])cc2C(=O)N1c1ccccn1. The zero-order valence-corrected chi connectivity index (χ0v) is 10.0. The van der Waals surface area contributed by atoms with Crippen molar-refractivity contribution in [2.75, 3.05) is 4.90 Å². The van der Waals surface area contributed by atoms with Gasteiger partial charge in [0, 0.05) is 18.3 Å². The van der Waals surface area contributed by atoms with Crippen LogP contribution in [0.1, 0.15) is 20.7 Å². The Morgan fingerprint density at radius 2 is 1.80 bits per heavy atom. The largest absolute Gasteiger partial charge is 0.270 e. The molecule has 0 N–H and O–H groups in total. The van der Waals surface area contributed by atoms with Crippen LogP contribution in [0.5, 0.6) is 0 Å². The Morgan fingerprint density at radius 3 is 2.45 bits per heavy atom. The first-order valence-corrected chi connectivity index (χ1v) is 5.68. The lowest BCUT2D eigenvalue weighted by molar-refractivity contribution is -0.384. The molecule has 3 rings (SSSR count). The predicted octanol–water partition coefficient (Wildman–Crippen LogP) is 1.79. The first kappa shape index (κ1) is 12.0. The van der Waals surface area contributed by atoms with Crippen molar-refractivity contribution in [3.05, 3.63) is 63.8 Å². The molecular formula is C13H7N3O4. The number of carbonyl (C=O) groups excluding carboxylic acids is 2. The number of hydrogen-bond donors (Lipinski definition) is 0. The molecule has 20 heavy (non-hydrogen) atoms. The van der Waals surface area contributed by atoms with E-state index in [1.54, 1.807) is 12.1 Å². The topological polar surface area (TPSA) is 93.4 Å². The summed E-state index contributed by atoms with van der Waals surface area (Å²) >= 11 is 0. The molecule has 1 aliphatic heterocycles. The second kappa shape index (κ2) is 4.23. The monoisotopic (exact) mass is 269 g/mol. The number of non-ortho nitro benzene ring substituents is 1. The van der Waals surface area contributed by atoms with E-state index in [-0.39, 0.29) is 22.6 Å². The highest BCUT2D eigenvalue weighted by molar-refractivity contribution is 6.34. The Hall–Kier alpha value is -3.09. The number of imide groups is 1. The third kappa shape index (κ3) is 1.64. The van der Waals surface area contributed by atoms with Crippen LogP contribution in [-0.4, -0.2) is 21.7 Å². The average molecular weight is 269 g/mol. The molecule has 2 heterocycles.